The number of benzene rings is 1. The quantitative estimate of drug-likeness (QED) is 0.622. The summed E-state index contributed by atoms with van der Waals surface area (Å²) in [5, 5.41) is 0.365. The second-order valence-corrected chi connectivity index (χ2v) is 5.67. The summed E-state index contributed by atoms with van der Waals surface area (Å²) in [5.74, 6) is -0.0728. The van der Waals surface area contributed by atoms with E-state index >= 15 is 0 Å². The number of esters is 1. The lowest BCUT2D eigenvalue weighted by molar-refractivity contribution is 0.0601. The molecule has 1 heterocycles. The molecule has 0 bridgehead atoms. The molecule has 4 nitrogen and oxygen atoms in total. The molecular weight excluding hydrogens is 302 g/mol. The Kier molecular flexibility index (Phi) is 4.05. The SMILES string of the molecule is C=C1OB(c2cc(Cl)c(C(=O)OC)c(Cl)c2)OC1(C)C. The van der Waals surface area contributed by atoms with Crippen molar-refractivity contribution in [1.29, 1.82) is 0 Å². The van der Waals surface area contributed by atoms with E-state index in [0.717, 1.165) is 0 Å². The van der Waals surface area contributed by atoms with Gasteiger partial charge in [0.15, 0.2) is 0 Å². The zero-order valence-corrected chi connectivity index (χ0v) is 12.8. The molecule has 2 rings (SSSR count). The molecule has 0 spiro atoms. The number of halogens is 2. The van der Waals surface area contributed by atoms with Gasteiger partial charge in [0.2, 0.25) is 0 Å². The van der Waals surface area contributed by atoms with Crippen LogP contribution in [-0.4, -0.2) is 25.8 Å². The Hall–Kier alpha value is -1.17. The van der Waals surface area contributed by atoms with E-state index in [-0.39, 0.29) is 15.6 Å². The lowest BCUT2D eigenvalue weighted by Crippen LogP contribution is -2.34. The largest absolute Gasteiger partial charge is 0.563 e. The van der Waals surface area contributed by atoms with Crippen molar-refractivity contribution in [1.82, 2.24) is 0 Å². The molecule has 0 aliphatic carbocycles. The van der Waals surface area contributed by atoms with E-state index in [9.17, 15) is 4.79 Å². The van der Waals surface area contributed by atoms with Crippen LogP contribution >= 0.6 is 23.2 Å². The molecule has 0 saturated carbocycles. The Morgan fingerprint density at radius 1 is 1.35 bits per heavy atom. The first-order valence-electron chi connectivity index (χ1n) is 5.87. The Morgan fingerprint density at radius 3 is 2.30 bits per heavy atom. The van der Waals surface area contributed by atoms with Crippen molar-refractivity contribution in [3.63, 3.8) is 0 Å². The minimum absolute atomic E-state index is 0.121. The predicted molar refractivity (Wildman–Crippen MR) is 78.6 cm³/mol. The molecule has 20 heavy (non-hydrogen) atoms. The smallest absolute Gasteiger partial charge is 0.534 e. The molecule has 1 aromatic carbocycles. The number of methoxy groups -OCH3 is 1. The topological polar surface area (TPSA) is 44.8 Å². The fourth-order valence-corrected chi connectivity index (χ4v) is 2.45. The van der Waals surface area contributed by atoms with Gasteiger partial charge in [0.25, 0.3) is 0 Å². The van der Waals surface area contributed by atoms with Crippen LogP contribution in [0.5, 0.6) is 0 Å². The van der Waals surface area contributed by atoms with E-state index in [0.29, 0.717) is 11.2 Å². The van der Waals surface area contributed by atoms with E-state index < -0.39 is 18.7 Å². The lowest BCUT2D eigenvalue weighted by Gasteiger charge is -2.15. The van der Waals surface area contributed by atoms with Gasteiger partial charge in [0.1, 0.15) is 5.60 Å². The second kappa shape index (κ2) is 5.32. The first kappa shape index (κ1) is 15.2. The van der Waals surface area contributed by atoms with Crippen molar-refractivity contribution in [2.45, 2.75) is 19.4 Å². The number of carbonyl (C=O) groups is 1. The maximum atomic E-state index is 11.6. The molecule has 1 aliphatic rings. The molecule has 0 N–H and O–H groups in total. The lowest BCUT2D eigenvalue weighted by atomic mass is 9.79. The molecular formula is C13H13BCl2O4. The van der Waals surface area contributed by atoms with Crippen LogP contribution in [0, 0.1) is 0 Å². The van der Waals surface area contributed by atoms with Crippen molar-refractivity contribution < 1.29 is 18.8 Å². The zero-order valence-electron chi connectivity index (χ0n) is 11.3. The molecule has 0 unspecified atom stereocenters. The number of ether oxygens (including phenoxy) is 1. The van der Waals surface area contributed by atoms with E-state index in [2.05, 4.69) is 11.3 Å². The van der Waals surface area contributed by atoms with Gasteiger partial charge in [-0.05, 0) is 31.4 Å². The van der Waals surface area contributed by atoms with Crippen LogP contribution in [0.25, 0.3) is 0 Å². The van der Waals surface area contributed by atoms with Gasteiger partial charge in [-0.25, -0.2) is 4.79 Å². The van der Waals surface area contributed by atoms with E-state index in [1.807, 2.05) is 13.8 Å². The van der Waals surface area contributed by atoms with Crippen molar-refractivity contribution in [2.24, 2.45) is 0 Å². The van der Waals surface area contributed by atoms with Gasteiger partial charge in [-0.1, -0.05) is 29.8 Å². The monoisotopic (exact) mass is 314 g/mol. The molecule has 1 aliphatic heterocycles. The summed E-state index contributed by atoms with van der Waals surface area (Å²) in [6.07, 6.45) is 0. The van der Waals surface area contributed by atoms with Crippen LogP contribution in [0.1, 0.15) is 24.2 Å². The van der Waals surface area contributed by atoms with Crippen LogP contribution in [0.4, 0.5) is 0 Å². The number of hydrogen-bond acceptors (Lipinski definition) is 4. The third kappa shape index (κ3) is 2.66. The molecule has 1 aromatic rings. The first-order valence-corrected chi connectivity index (χ1v) is 6.63. The molecule has 0 radical (unpaired) electrons. The Bertz CT molecular complexity index is 563. The van der Waals surface area contributed by atoms with Gasteiger partial charge < -0.3 is 14.0 Å². The van der Waals surface area contributed by atoms with Crippen LogP contribution in [0.3, 0.4) is 0 Å². The summed E-state index contributed by atoms with van der Waals surface area (Å²) in [6.45, 7) is 7.50. The highest BCUT2D eigenvalue weighted by Gasteiger charge is 2.43. The summed E-state index contributed by atoms with van der Waals surface area (Å²) in [6, 6.07) is 3.14. The average molecular weight is 315 g/mol. The third-order valence-electron chi connectivity index (χ3n) is 3.05. The Labute approximate surface area is 127 Å². The van der Waals surface area contributed by atoms with Gasteiger partial charge in [-0.2, -0.15) is 0 Å². The van der Waals surface area contributed by atoms with Crippen LogP contribution < -0.4 is 5.46 Å². The third-order valence-corrected chi connectivity index (χ3v) is 3.64. The van der Waals surface area contributed by atoms with Gasteiger partial charge in [-0.15, -0.1) is 0 Å². The highest BCUT2D eigenvalue weighted by molar-refractivity contribution is 6.63. The van der Waals surface area contributed by atoms with Crippen LogP contribution in [0.15, 0.2) is 24.5 Å². The molecule has 0 aromatic heterocycles. The van der Waals surface area contributed by atoms with Crippen LogP contribution in [0.2, 0.25) is 10.0 Å². The number of hydrogen-bond donors (Lipinski definition) is 0. The van der Waals surface area contributed by atoms with E-state index in [1.54, 1.807) is 12.1 Å². The van der Waals surface area contributed by atoms with Gasteiger partial charge in [0, 0.05) is 0 Å². The highest BCUT2D eigenvalue weighted by atomic mass is 35.5. The minimum Gasteiger partial charge on any atom is -0.534 e. The fourth-order valence-electron chi connectivity index (χ4n) is 1.79. The minimum atomic E-state index is -0.654. The number of rotatable bonds is 2. The summed E-state index contributed by atoms with van der Waals surface area (Å²) in [5.41, 5.74) is 0.139. The Morgan fingerprint density at radius 2 is 1.90 bits per heavy atom. The standard InChI is InChI=1S/C13H13BCl2O4/c1-7-13(2,3)20-14(19-7)8-5-9(15)11(10(16)6-8)12(17)18-4/h5-6H,1H2,2-4H3. The summed E-state index contributed by atoms with van der Waals surface area (Å²) in [7, 11) is 0.609. The van der Waals surface area contributed by atoms with Gasteiger partial charge in [0.05, 0.1) is 28.5 Å². The molecule has 1 saturated heterocycles. The fraction of sp³-hybridized carbons (Fsp3) is 0.308. The summed E-state index contributed by atoms with van der Waals surface area (Å²) in [4.78, 5) is 11.6. The summed E-state index contributed by atoms with van der Waals surface area (Å²) >= 11 is 12.2. The number of carbonyl (C=O) groups excluding carboxylic acids is 1. The molecule has 0 amide bonds. The van der Waals surface area contributed by atoms with Gasteiger partial charge >= 0.3 is 13.1 Å². The van der Waals surface area contributed by atoms with E-state index in [4.69, 9.17) is 32.5 Å². The molecule has 7 heteroatoms. The van der Waals surface area contributed by atoms with Gasteiger partial charge in [-0.3, -0.25) is 0 Å². The Balaban J connectivity index is 2.37. The summed E-state index contributed by atoms with van der Waals surface area (Å²) < 4.78 is 15.9. The van der Waals surface area contributed by atoms with Crippen molar-refractivity contribution >= 4 is 41.8 Å². The predicted octanol–water partition coefficient (Wildman–Crippen LogP) is 2.81. The maximum Gasteiger partial charge on any atom is 0.563 e. The molecule has 0 atom stereocenters. The highest BCUT2D eigenvalue weighted by Crippen LogP contribution is 2.31. The average Bonchev–Trinajstić information content (AvgIpc) is 2.62. The second-order valence-electron chi connectivity index (χ2n) is 4.85. The van der Waals surface area contributed by atoms with Crippen molar-refractivity contribution in [3.8, 4) is 0 Å². The van der Waals surface area contributed by atoms with Crippen LogP contribution in [-0.2, 0) is 14.0 Å². The maximum absolute atomic E-state index is 11.6. The zero-order chi connectivity index (χ0) is 15.1. The van der Waals surface area contributed by atoms with E-state index in [1.165, 1.54) is 7.11 Å². The van der Waals surface area contributed by atoms with Crippen molar-refractivity contribution in [2.75, 3.05) is 7.11 Å². The molecule has 1 fully saturated rings. The van der Waals surface area contributed by atoms with Crippen molar-refractivity contribution in [3.05, 3.63) is 40.1 Å². The molecule has 106 valence electrons. The first-order chi connectivity index (χ1) is 9.26. The normalized spacial score (nSPS) is 17.1.